The number of aliphatic hydroxyl groups is 3. The van der Waals surface area contributed by atoms with E-state index in [1.165, 1.54) is 0 Å². The van der Waals surface area contributed by atoms with E-state index >= 15 is 0 Å². The first-order valence-electron chi connectivity index (χ1n) is 6.01. The molecule has 98 valence electrons. The molecule has 0 amide bonds. The number of nitrogens with zero attached hydrogens (tertiary/aromatic N) is 2. The molecule has 1 heterocycles. The maximum Gasteiger partial charge on any atom is 0.287 e. The SMILES string of the molecule is CCN(C)C1=N[C@@H]2[C@@H](O)[C@H](O)[C@@H](CO)C[C@@H]2O1. The molecule has 17 heavy (non-hydrogen) atoms. The third-order valence-corrected chi connectivity index (χ3v) is 3.65. The molecular weight excluding hydrogens is 224 g/mol. The van der Waals surface area contributed by atoms with Crippen molar-refractivity contribution in [1.29, 1.82) is 0 Å². The molecule has 1 fully saturated rings. The minimum absolute atomic E-state index is 0.149. The predicted octanol–water partition coefficient (Wildman–Crippen LogP) is -1.20. The Morgan fingerprint density at radius 2 is 2.12 bits per heavy atom. The summed E-state index contributed by atoms with van der Waals surface area (Å²) in [5.74, 6) is -0.340. The fourth-order valence-electron chi connectivity index (χ4n) is 2.36. The Hall–Kier alpha value is -0.850. The van der Waals surface area contributed by atoms with Gasteiger partial charge < -0.3 is 25.0 Å². The summed E-state index contributed by atoms with van der Waals surface area (Å²) < 4.78 is 5.66. The minimum atomic E-state index is -0.964. The van der Waals surface area contributed by atoms with E-state index in [1.54, 1.807) is 0 Å². The first-order valence-corrected chi connectivity index (χ1v) is 6.01. The number of aliphatic imine (C=N–C) groups is 1. The molecule has 0 aromatic carbocycles. The lowest BCUT2D eigenvalue weighted by atomic mass is 9.80. The minimum Gasteiger partial charge on any atom is -0.459 e. The van der Waals surface area contributed by atoms with Gasteiger partial charge in [0.1, 0.15) is 18.2 Å². The van der Waals surface area contributed by atoms with Crippen molar-refractivity contribution in [3.63, 3.8) is 0 Å². The Morgan fingerprint density at radius 3 is 2.71 bits per heavy atom. The zero-order valence-corrected chi connectivity index (χ0v) is 10.2. The highest BCUT2D eigenvalue weighted by Crippen LogP contribution is 2.33. The third kappa shape index (κ3) is 2.12. The van der Waals surface area contributed by atoms with Gasteiger partial charge in [0.25, 0.3) is 6.02 Å². The molecule has 1 aliphatic heterocycles. The number of fused-ring (bicyclic) bond motifs is 1. The average molecular weight is 244 g/mol. The molecule has 3 N–H and O–H groups in total. The van der Waals surface area contributed by atoms with Crippen molar-refractivity contribution in [2.75, 3.05) is 20.2 Å². The summed E-state index contributed by atoms with van der Waals surface area (Å²) in [6.45, 7) is 2.60. The van der Waals surface area contributed by atoms with Gasteiger partial charge in [0, 0.05) is 26.1 Å². The highest BCUT2D eigenvalue weighted by Gasteiger charge is 2.48. The van der Waals surface area contributed by atoms with Crippen molar-refractivity contribution in [1.82, 2.24) is 4.90 Å². The molecule has 0 aromatic rings. The molecule has 6 nitrogen and oxygen atoms in total. The van der Waals surface area contributed by atoms with Gasteiger partial charge in [0.2, 0.25) is 0 Å². The quantitative estimate of drug-likeness (QED) is 0.568. The summed E-state index contributed by atoms with van der Waals surface area (Å²) in [7, 11) is 1.86. The molecular formula is C11H20N2O4. The number of amidine groups is 1. The van der Waals surface area contributed by atoms with E-state index in [1.807, 2.05) is 18.9 Å². The number of ether oxygens (including phenoxy) is 1. The Kier molecular flexibility index (Phi) is 3.56. The highest BCUT2D eigenvalue weighted by molar-refractivity contribution is 5.75. The van der Waals surface area contributed by atoms with Crippen molar-refractivity contribution in [3.8, 4) is 0 Å². The zero-order valence-electron chi connectivity index (χ0n) is 10.2. The van der Waals surface area contributed by atoms with Crippen LogP contribution in [0.15, 0.2) is 4.99 Å². The summed E-state index contributed by atoms with van der Waals surface area (Å²) in [5.41, 5.74) is 0. The van der Waals surface area contributed by atoms with E-state index in [0.29, 0.717) is 12.4 Å². The van der Waals surface area contributed by atoms with Crippen molar-refractivity contribution in [2.45, 2.75) is 37.7 Å². The van der Waals surface area contributed by atoms with Gasteiger partial charge in [-0.1, -0.05) is 0 Å². The number of hydrogen-bond donors (Lipinski definition) is 3. The van der Waals surface area contributed by atoms with Crippen LogP contribution < -0.4 is 0 Å². The number of rotatable bonds is 2. The fourth-order valence-corrected chi connectivity index (χ4v) is 2.36. The first kappa shape index (κ1) is 12.6. The first-order chi connectivity index (χ1) is 8.08. The van der Waals surface area contributed by atoms with Crippen LogP contribution in [0.5, 0.6) is 0 Å². The summed E-state index contributed by atoms with van der Waals surface area (Å²) in [5, 5.41) is 28.9. The van der Waals surface area contributed by atoms with Crippen LogP contribution in [0, 0.1) is 5.92 Å². The fraction of sp³-hybridized carbons (Fsp3) is 0.909. The lowest BCUT2D eigenvalue weighted by Crippen LogP contribution is -2.52. The highest BCUT2D eigenvalue weighted by atomic mass is 16.5. The normalized spacial score (nSPS) is 40.5. The molecule has 2 aliphatic rings. The molecule has 0 bridgehead atoms. The van der Waals surface area contributed by atoms with Gasteiger partial charge in [-0.15, -0.1) is 0 Å². The van der Waals surface area contributed by atoms with E-state index in [9.17, 15) is 10.2 Å². The number of hydrogen-bond acceptors (Lipinski definition) is 6. The van der Waals surface area contributed by atoms with Gasteiger partial charge >= 0.3 is 0 Å². The maximum atomic E-state index is 9.95. The zero-order chi connectivity index (χ0) is 12.6. The van der Waals surface area contributed by atoms with Crippen molar-refractivity contribution in [2.24, 2.45) is 10.9 Å². The molecule has 1 saturated carbocycles. The van der Waals surface area contributed by atoms with E-state index in [0.717, 1.165) is 6.54 Å². The van der Waals surface area contributed by atoms with Gasteiger partial charge in [0.05, 0.1) is 6.10 Å². The lowest BCUT2D eigenvalue weighted by molar-refractivity contribution is -0.0954. The molecule has 0 aromatic heterocycles. The summed E-state index contributed by atoms with van der Waals surface area (Å²) in [6, 6.07) is 0.0872. The smallest absolute Gasteiger partial charge is 0.287 e. The largest absolute Gasteiger partial charge is 0.459 e. The van der Waals surface area contributed by atoms with Crippen LogP contribution in [0.1, 0.15) is 13.3 Å². The Bertz CT molecular complexity index is 310. The Labute approximate surface area is 101 Å². The average Bonchev–Trinajstić information content (AvgIpc) is 2.76. The summed E-state index contributed by atoms with van der Waals surface area (Å²) in [4.78, 5) is 6.16. The standard InChI is InChI=1S/C11H20N2O4/c1-3-13(2)11-12-8-7(17-11)4-6(5-14)9(15)10(8)16/h6-10,14-16H,3-5H2,1-2H3/t6-,7+,8+,9-,10-/m1/s1. The van der Waals surface area contributed by atoms with Crippen molar-refractivity contribution < 1.29 is 20.1 Å². The molecule has 6 heteroatoms. The molecule has 0 spiro atoms. The van der Waals surface area contributed by atoms with E-state index in [-0.39, 0.29) is 18.6 Å². The van der Waals surface area contributed by atoms with E-state index < -0.39 is 18.2 Å². The van der Waals surface area contributed by atoms with Gasteiger partial charge in [-0.3, -0.25) is 0 Å². The predicted molar refractivity (Wildman–Crippen MR) is 61.6 cm³/mol. The van der Waals surface area contributed by atoms with Gasteiger partial charge in [-0.05, 0) is 13.3 Å². The summed E-state index contributed by atoms with van der Waals surface area (Å²) in [6.07, 6.45) is -1.62. The topological polar surface area (TPSA) is 85.5 Å². The molecule has 0 radical (unpaired) electrons. The monoisotopic (exact) mass is 244 g/mol. The van der Waals surface area contributed by atoms with Crippen LogP contribution in [0.3, 0.4) is 0 Å². The summed E-state index contributed by atoms with van der Waals surface area (Å²) >= 11 is 0. The molecule has 0 unspecified atom stereocenters. The Morgan fingerprint density at radius 1 is 1.41 bits per heavy atom. The van der Waals surface area contributed by atoms with Crippen LogP contribution in [0.25, 0.3) is 0 Å². The van der Waals surface area contributed by atoms with Crippen LogP contribution in [0.4, 0.5) is 0 Å². The van der Waals surface area contributed by atoms with Crippen molar-refractivity contribution >= 4 is 6.02 Å². The third-order valence-electron chi connectivity index (χ3n) is 3.65. The second-order valence-corrected chi connectivity index (χ2v) is 4.73. The van der Waals surface area contributed by atoms with Crippen LogP contribution >= 0.6 is 0 Å². The number of aliphatic hydroxyl groups excluding tert-OH is 3. The van der Waals surface area contributed by atoms with Crippen LogP contribution in [0.2, 0.25) is 0 Å². The molecule has 1 aliphatic carbocycles. The van der Waals surface area contributed by atoms with Crippen LogP contribution in [-0.4, -0.2) is 70.8 Å². The maximum absolute atomic E-state index is 9.95. The van der Waals surface area contributed by atoms with Crippen LogP contribution in [-0.2, 0) is 4.74 Å². The Balaban J connectivity index is 2.12. The van der Waals surface area contributed by atoms with Gasteiger partial charge in [-0.2, -0.15) is 0 Å². The van der Waals surface area contributed by atoms with Gasteiger partial charge in [0.15, 0.2) is 0 Å². The van der Waals surface area contributed by atoms with Gasteiger partial charge in [-0.25, -0.2) is 4.99 Å². The van der Waals surface area contributed by atoms with E-state index in [4.69, 9.17) is 9.84 Å². The lowest BCUT2D eigenvalue weighted by Gasteiger charge is -2.36. The second-order valence-electron chi connectivity index (χ2n) is 4.73. The molecule has 5 atom stereocenters. The second kappa shape index (κ2) is 4.80. The van der Waals surface area contributed by atoms with Crippen molar-refractivity contribution in [3.05, 3.63) is 0 Å². The van der Waals surface area contributed by atoms with E-state index in [2.05, 4.69) is 4.99 Å². The molecule has 0 saturated heterocycles. The molecule has 2 rings (SSSR count).